The fourth-order valence-electron chi connectivity index (χ4n) is 1.86. The van der Waals surface area contributed by atoms with Crippen molar-refractivity contribution in [2.45, 2.75) is 5.25 Å². The van der Waals surface area contributed by atoms with Gasteiger partial charge in [0.1, 0.15) is 5.25 Å². The lowest BCUT2D eigenvalue weighted by Gasteiger charge is -2.17. The highest BCUT2D eigenvalue weighted by atomic mass is 35.5. The zero-order chi connectivity index (χ0) is 15.7. The first-order valence-electron chi connectivity index (χ1n) is 5.93. The summed E-state index contributed by atoms with van der Waals surface area (Å²) in [6.45, 7) is 0. The number of hydrogen-bond donors (Lipinski definition) is 2. The minimum atomic E-state index is -3.55. The Bertz CT molecular complexity index is 582. The van der Waals surface area contributed by atoms with Crippen LogP contribution in [0.4, 0.5) is 0 Å². The first-order chi connectivity index (χ1) is 10.1. The van der Waals surface area contributed by atoms with Crippen LogP contribution in [0.5, 0.6) is 0 Å². The number of rotatable bonds is 4. The van der Waals surface area contributed by atoms with E-state index in [4.69, 9.17) is 23.2 Å². The third kappa shape index (κ3) is 5.52. The van der Waals surface area contributed by atoms with Gasteiger partial charge in [0.05, 0.1) is 5.34 Å². The van der Waals surface area contributed by atoms with Crippen LogP contribution in [0.15, 0.2) is 60.7 Å². The number of sulfonamides is 1. The Labute approximate surface area is 140 Å². The normalized spacial score (nSPS) is 10.9. The van der Waals surface area contributed by atoms with Gasteiger partial charge >= 0.3 is 0 Å². The Kier molecular flexibility index (Phi) is 8.14. The fraction of sp³-hybridized carbons (Fsp3) is 0.143. The monoisotopic (exact) mass is 363 g/mol. The summed E-state index contributed by atoms with van der Waals surface area (Å²) in [4.78, 5) is 0. The highest BCUT2D eigenvalue weighted by Crippen LogP contribution is 2.29. The van der Waals surface area contributed by atoms with Gasteiger partial charge in [-0.15, -0.1) is 23.2 Å². The molecule has 0 saturated heterocycles. The fourth-order valence-corrected chi connectivity index (χ4v) is 3.31. The molecule has 0 aliphatic heterocycles. The van der Waals surface area contributed by atoms with E-state index in [1.807, 2.05) is 36.4 Å². The smallest absolute Gasteiger partial charge is 0.211 e. The van der Waals surface area contributed by atoms with Gasteiger partial charge in [-0.2, -0.15) is 4.13 Å². The molecule has 0 amide bonds. The van der Waals surface area contributed by atoms with Crippen molar-refractivity contribution in [2.75, 3.05) is 5.34 Å². The molecular formula is C14H15Cl2NO2S2. The molecule has 2 aromatic carbocycles. The van der Waals surface area contributed by atoms with Crippen molar-refractivity contribution in [2.24, 2.45) is 0 Å². The van der Waals surface area contributed by atoms with E-state index < -0.39 is 15.3 Å². The third-order valence-electron chi connectivity index (χ3n) is 2.64. The topological polar surface area (TPSA) is 46.2 Å². The summed E-state index contributed by atoms with van der Waals surface area (Å²) in [7, 11) is -3.55. The highest BCUT2D eigenvalue weighted by molar-refractivity contribution is 8.00. The van der Waals surface area contributed by atoms with Crippen LogP contribution in [0.1, 0.15) is 16.4 Å². The standard InChI is InChI=1S/C13H13NO2S2.CH2Cl2/c15-18(16,14-17)13(11-7-3-1-4-8-11)12-9-5-2-6-10-12;2-1-3/h1-10,13-14,17H;1H2. The zero-order valence-corrected chi connectivity index (χ0v) is 14.2. The molecular weight excluding hydrogens is 349 g/mol. The van der Waals surface area contributed by atoms with Crippen LogP contribution in [-0.4, -0.2) is 13.8 Å². The lowest BCUT2D eigenvalue weighted by molar-refractivity contribution is 0.587. The molecule has 0 heterocycles. The van der Waals surface area contributed by atoms with Gasteiger partial charge < -0.3 is 0 Å². The molecule has 2 rings (SSSR count). The van der Waals surface area contributed by atoms with E-state index in [1.165, 1.54) is 0 Å². The van der Waals surface area contributed by atoms with Crippen molar-refractivity contribution in [3.63, 3.8) is 0 Å². The second-order valence-corrected chi connectivity index (χ2v) is 7.04. The molecule has 0 aromatic heterocycles. The van der Waals surface area contributed by atoms with Gasteiger partial charge in [0, 0.05) is 0 Å². The largest absolute Gasteiger partial charge is 0.231 e. The van der Waals surface area contributed by atoms with Crippen molar-refractivity contribution >= 4 is 46.0 Å². The van der Waals surface area contributed by atoms with Crippen molar-refractivity contribution in [1.29, 1.82) is 0 Å². The van der Waals surface area contributed by atoms with Gasteiger partial charge in [-0.1, -0.05) is 73.5 Å². The van der Waals surface area contributed by atoms with Crippen LogP contribution in [0.25, 0.3) is 0 Å². The summed E-state index contributed by atoms with van der Waals surface area (Å²) >= 11 is 13.2. The quantitative estimate of drug-likeness (QED) is 0.637. The van der Waals surface area contributed by atoms with E-state index in [0.717, 1.165) is 0 Å². The van der Waals surface area contributed by atoms with Crippen LogP contribution in [0.2, 0.25) is 0 Å². The summed E-state index contributed by atoms with van der Waals surface area (Å²) in [6, 6.07) is 18.1. The van der Waals surface area contributed by atoms with Crippen LogP contribution >= 0.6 is 36.0 Å². The Hall–Kier alpha value is -0.720. The van der Waals surface area contributed by atoms with E-state index in [2.05, 4.69) is 16.9 Å². The second kappa shape index (κ2) is 9.33. The summed E-state index contributed by atoms with van der Waals surface area (Å²) < 4.78 is 26.3. The molecule has 0 saturated carbocycles. The summed E-state index contributed by atoms with van der Waals surface area (Å²) in [5.74, 6) is 0. The van der Waals surface area contributed by atoms with Gasteiger partial charge in [-0.3, -0.25) is 0 Å². The molecule has 0 unspecified atom stereocenters. The Morgan fingerprint density at radius 1 is 0.905 bits per heavy atom. The maximum Gasteiger partial charge on any atom is 0.231 e. The molecule has 0 aliphatic rings. The van der Waals surface area contributed by atoms with Crippen LogP contribution < -0.4 is 4.13 Å². The van der Waals surface area contributed by atoms with Gasteiger partial charge in [-0.05, 0) is 11.1 Å². The van der Waals surface area contributed by atoms with Crippen molar-refractivity contribution in [3.8, 4) is 0 Å². The lowest BCUT2D eigenvalue weighted by atomic mass is 10.0. The van der Waals surface area contributed by atoms with E-state index in [-0.39, 0.29) is 5.34 Å². The third-order valence-corrected chi connectivity index (χ3v) is 4.83. The van der Waals surface area contributed by atoms with E-state index in [1.54, 1.807) is 24.3 Å². The SMILES string of the molecule is ClCCl.O=S(=O)(NS)C(c1ccccc1)c1ccccc1. The van der Waals surface area contributed by atoms with Crippen LogP contribution in [0, 0.1) is 0 Å². The Balaban J connectivity index is 0.000000677. The molecule has 2 aromatic rings. The lowest BCUT2D eigenvalue weighted by Crippen LogP contribution is -2.23. The molecule has 0 spiro atoms. The molecule has 0 fully saturated rings. The van der Waals surface area contributed by atoms with E-state index in [9.17, 15) is 8.42 Å². The summed E-state index contributed by atoms with van der Waals surface area (Å²) in [5.41, 5.74) is 1.43. The van der Waals surface area contributed by atoms with E-state index >= 15 is 0 Å². The van der Waals surface area contributed by atoms with Crippen LogP contribution in [0.3, 0.4) is 0 Å². The first-order valence-corrected chi connectivity index (χ1v) is 8.99. The average molecular weight is 364 g/mol. The first kappa shape index (κ1) is 18.3. The molecule has 1 N–H and O–H groups in total. The molecule has 0 radical (unpaired) electrons. The molecule has 0 bridgehead atoms. The zero-order valence-electron chi connectivity index (χ0n) is 11.0. The number of alkyl halides is 2. The van der Waals surface area contributed by atoms with E-state index in [0.29, 0.717) is 11.1 Å². The van der Waals surface area contributed by atoms with Gasteiger partial charge in [0.2, 0.25) is 10.0 Å². The van der Waals surface area contributed by atoms with Gasteiger partial charge in [0.25, 0.3) is 0 Å². The predicted molar refractivity (Wildman–Crippen MR) is 92.3 cm³/mol. The Morgan fingerprint density at radius 3 is 1.52 bits per heavy atom. The number of hydrogen-bond acceptors (Lipinski definition) is 3. The molecule has 114 valence electrons. The van der Waals surface area contributed by atoms with Crippen molar-refractivity contribution < 1.29 is 8.42 Å². The molecule has 7 heteroatoms. The van der Waals surface area contributed by atoms with Crippen molar-refractivity contribution in [3.05, 3.63) is 71.8 Å². The number of thiol groups is 1. The summed E-state index contributed by atoms with van der Waals surface area (Å²) in [6.07, 6.45) is 0. The molecule has 0 atom stereocenters. The second-order valence-electron chi connectivity index (χ2n) is 3.94. The molecule has 21 heavy (non-hydrogen) atoms. The highest BCUT2D eigenvalue weighted by Gasteiger charge is 2.27. The van der Waals surface area contributed by atoms with Gasteiger partial charge in [-0.25, -0.2) is 8.42 Å². The predicted octanol–water partition coefficient (Wildman–Crippen LogP) is 3.96. The number of halogens is 2. The average Bonchev–Trinajstić information content (AvgIpc) is 2.50. The van der Waals surface area contributed by atoms with Crippen molar-refractivity contribution in [1.82, 2.24) is 4.13 Å². The minimum Gasteiger partial charge on any atom is -0.211 e. The van der Waals surface area contributed by atoms with Crippen LogP contribution in [-0.2, 0) is 10.0 Å². The maximum absolute atomic E-state index is 12.1. The number of nitrogens with one attached hydrogen (secondary N) is 1. The Morgan fingerprint density at radius 2 is 1.24 bits per heavy atom. The summed E-state index contributed by atoms with van der Waals surface area (Å²) in [5, 5.41) is -0.558. The molecule has 3 nitrogen and oxygen atoms in total. The molecule has 0 aliphatic carbocycles. The maximum atomic E-state index is 12.1. The number of benzene rings is 2. The minimum absolute atomic E-state index is 0.194. The van der Waals surface area contributed by atoms with Gasteiger partial charge in [0.15, 0.2) is 0 Å².